The SMILES string of the molecule is CC(=O)Nc1ccc(-c2csc3nc(NC(=O)NC4CCCCC4)nn23)cc1. The van der Waals surface area contributed by atoms with Gasteiger partial charge in [-0.3, -0.25) is 10.1 Å². The van der Waals surface area contributed by atoms with Crippen LogP contribution in [-0.4, -0.2) is 32.6 Å². The lowest BCUT2D eigenvalue weighted by Crippen LogP contribution is -2.39. The number of benzene rings is 1. The van der Waals surface area contributed by atoms with E-state index in [4.69, 9.17) is 0 Å². The van der Waals surface area contributed by atoms with Crippen molar-refractivity contribution in [3.8, 4) is 11.3 Å². The molecule has 2 heterocycles. The second kappa shape index (κ2) is 7.97. The topological polar surface area (TPSA) is 100 Å². The molecule has 0 bridgehead atoms. The number of thiazole rings is 1. The first-order chi connectivity index (χ1) is 13.6. The number of nitrogens with one attached hydrogen (secondary N) is 3. The zero-order valence-corrected chi connectivity index (χ0v) is 16.4. The summed E-state index contributed by atoms with van der Waals surface area (Å²) < 4.78 is 1.72. The average molecular weight is 398 g/mol. The highest BCUT2D eigenvalue weighted by atomic mass is 32.1. The van der Waals surface area contributed by atoms with Gasteiger partial charge in [0.2, 0.25) is 10.9 Å². The first-order valence-corrected chi connectivity index (χ1v) is 10.3. The molecule has 146 valence electrons. The Morgan fingerprint density at radius 3 is 2.57 bits per heavy atom. The lowest BCUT2D eigenvalue weighted by atomic mass is 9.96. The molecular weight excluding hydrogens is 376 g/mol. The van der Waals surface area contributed by atoms with Crippen LogP contribution >= 0.6 is 11.3 Å². The molecule has 1 aromatic carbocycles. The molecule has 4 rings (SSSR count). The minimum Gasteiger partial charge on any atom is -0.335 e. The van der Waals surface area contributed by atoms with Gasteiger partial charge in [0.1, 0.15) is 0 Å². The van der Waals surface area contributed by atoms with Gasteiger partial charge in [0.15, 0.2) is 0 Å². The predicted molar refractivity (Wildman–Crippen MR) is 110 cm³/mol. The maximum atomic E-state index is 12.2. The summed E-state index contributed by atoms with van der Waals surface area (Å²) in [4.78, 5) is 28.5. The third kappa shape index (κ3) is 4.14. The van der Waals surface area contributed by atoms with Crippen LogP contribution < -0.4 is 16.0 Å². The number of hydrogen-bond acceptors (Lipinski definition) is 5. The van der Waals surface area contributed by atoms with Crippen molar-refractivity contribution < 1.29 is 9.59 Å². The maximum absolute atomic E-state index is 12.2. The molecule has 0 radical (unpaired) electrons. The molecule has 0 atom stereocenters. The summed E-state index contributed by atoms with van der Waals surface area (Å²) in [5.41, 5.74) is 2.56. The van der Waals surface area contributed by atoms with Crippen LogP contribution in [0.1, 0.15) is 39.0 Å². The molecule has 1 aliphatic carbocycles. The highest BCUT2D eigenvalue weighted by Gasteiger charge is 2.18. The Morgan fingerprint density at radius 1 is 1.11 bits per heavy atom. The third-order valence-corrected chi connectivity index (χ3v) is 5.56. The standard InChI is InChI=1S/C19H22N6O2S/c1-12(26)20-15-9-7-13(8-10-15)16-11-28-19-23-17(24-25(16)19)22-18(27)21-14-5-3-2-4-6-14/h7-11,14H,2-6H2,1H3,(H,20,26)(H2,21,22,24,27). The molecule has 9 heteroatoms. The Labute approximate surface area is 166 Å². The van der Waals surface area contributed by atoms with Crippen molar-refractivity contribution in [1.29, 1.82) is 0 Å². The highest BCUT2D eigenvalue weighted by molar-refractivity contribution is 7.15. The van der Waals surface area contributed by atoms with Crippen LogP contribution in [0.15, 0.2) is 29.6 Å². The lowest BCUT2D eigenvalue weighted by molar-refractivity contribution is -0.114. The number of carbonyl (C=O) groups excluding carboxylic acids is 2. The molecule has 8 nitrogen and oxygen atoms in total. The van der Waals surface area contributed by atoms with E-state index in [0.29, 0.717) is 4.96 Å². The van der Waals surface area contributed by atoms with E-state index < -0.39 is 0 Å². The van der Waals surface area contributed by atoms with Gasteiger partial charge in [-0.1, -0.05) is 31.4 Å². The number of rotatable bonds is 4. The molecule has 2 aromatic heterocycles. The predicted octanol–water partition coefficient (Wildman–Crippen LogP) is 3.87. The van der Waals surface area contributed by atoms with Crippen LogP contribution in [0.25, 0.3) is 16.2 Å². The van der Waals surface area contributed by atoms with E-state index in [1.807, 2.05) is 29.6 Å². The monoisotopic (exact) mass is 398 g/mol. The van der Waals surface area contributed by atoms with Crippen LogP contribution in [0.4, 0.5) is 16.4 Å². The fraction of sp³-hybridized carbons (Fsp3) is 0.368. The number of fused-ring (bicyclic) bond motifs is 1. The van der Waals surface area contributed by atoms with Crippen molar-refractivity contribution in [1.82, 2.24) is 19.9 Å². The lowest BCUT2D eigenvalue weighted by Gasteiger charge is -2.22. The van der Waals surface area contributed by atoms with Crippen molar-refractivity contribution in [2.24, 2.45) is 0 Å². The summed E-state index contributed by atoms with van der Waals surface area (Å²) in [6, 6.07) is 7.48. The molecule has 3 amide bonds. The second-order valence-corrected chi connectivity index (χ2v) is 7.78. The minimum absolute atomic E-state index is 0.107. The zero-order valence-electron chi connectivity index (χ0n) is 15.6. The molecule has 28 heavy (non-hydrogen) atoms. The summed E-state index contributed by atoms with van der Waals surface area (Å²) in [6.07, 6.45) is 5.61. The second-order valence-electron chi connectivity index (χ2n) is 6.94. The number of nitrogens with zero attached hydrogens (tertiary/aromatic N) is 3. The Balaban J connectivity index is 1.47. The highest BCUT2D eigenvalue weighted by Crippen LogP contribution is 2.27. The number of anilines is 2. The van der Waals surface area contributed by atoms with Gasteiger partial charge in [-0.25, -0.2) is 9.31 Å². The van der Waals surface area contributed by atoms with E-state index in [9.17, 15) is 9.59 Å². The molecule has 0 spiro atoms. The normalized spacial score (nSPS) is 14.8. The number of urea groups is 1. The van der Waals surface area contributed by atoms with E-state index >= 15 is 0 Å². The fourth-order valence-corrected chi connectivity index (χ4v) is 4.26. The summed E-state index contributed by atoms with van der Waals surface area (Å²) in [6.45, 7) is 1.48. The van der Waals surface area contributed by atoms with E-state index in [0.717, 1.165) is 42.6 Å². The number of carbonyl (C=O) groups is 2. The Hall–Kier alpha value is -2.94. The van der Waals surface area contributed by atoms with Crippen molar-refractivity contribution in [3.63, 3.8) is 0 Å². The Morgan fingerprint density at radius 2 is 1.86 bits per heavy atom. The number of hydrogen-bond donors (Lipinski definition) is 3. The van der Waals surface area contributed by atoms with Crippen molar-refractivity contribution in [2.75, 3.05) is 10.6 Å². The first-order valence-electron chi connectivity index (χ1n) is 9.38. The third-order valence-electron chi connectivity index (χ3n) is 4.75. The molecule has 3 aromatic rings. The van der Waals surface area contributed by atoms with E-state index in [2.05, 4.69) is 26.0 Å². The van der Waals surface area contributed by atoms with E-state index in [1.165, 1.54) is 24.7 Å². The molecule has 0 saturated heterocycles. The fourth-order valence-electron chi connectivity index (χ4n) is 3.43. The van der Waals surface area contributed by atoms with Gasteiger partial charge >= 0.3 is 6.03 Å². The first kappa shape index (κ1) is 18.4. The average Bonchev–Trinajstić information content (AvgIpc) is 3.23. The van der Waals surface area contributed by atoms with E-state index in [1.54, 1.807) is 4.52 Å². The summed E-state index contributed by atoms with van der Waals surface area (Å²) >= 11 is 1.46. The molecule has 0 aliphatic heterocycles. The van der Waals surface area contributed by atoms with Gasteiger partial charge in [-0.15, -0.1) is 16.4 Å². The molecule has 3 N–H and O–H groups in total. The molecular formula is C19H22N6O2S. The van der Waals surface area contributed by atoms with Crippen molar-refractivity contribution in [3.05, 3.63) is 29.6 Å². The van der Waals surface area contributed by atoms with Gasteiger partial charge < -0.3 is 10.6 Å². The van der Waals surface area contributed by atoms with Crippen LogP contribution in [0, 0.1) is 0 Å². The minimum atomic E-state index is -0.258. The molecule has 1 saturated carbocycles. The molecule has 1 aliphatic rings. The summed E-state index contributed by atoms with van der Waals surface area (Å²) in [7, 11) is 0. The largest absolute Gasteiger partial charge is 0.335 e. The van der Waals surface area contributed by atoms with Gasteiger partial charge in [0.25, 0.3) is 5.95 Å². The smallest absolute Gasteiger partial charge is 0.321 e. The zero-order chi connectivity index (χ0) is 19.5. The number of amides is 3. The van der Waals surface area contributed by atoms with Crippen molar-refractivity contribution >= 4 is 39.9 Å². The van der Waals surface area contributed by atoms with Gasteiger partial charge in [0, 0.05) is 29.6 Å². The Bertz CT molecular complexity index is 988. The summed E-state index contributed by atoms with van der Waals surface area (Å²) in [5, 5.41) is 14.9. The van der Waals surface area contributed by atoms with Crippen molar-refractivity contribution in [2.45, 2.75) is 45.1 Å². The van der Waals surface area contributed by atoms with Crippen LogP contribution in [0.5, 0.6) is 0 Å². The summed E-state index contributed by atoms with van der Waals surface area (Å²) in [5.74, 6) is 0.181. The number of aromatic nitrogens is 3. The maximum Gasteiger partial charge on any atom is 0.321 e. The van der Waals surface area contributed by atoms with Crippen LogP contribution in [-0.2, 0) is 4.79 Å². The van der Waals surface area contributed by atoms with Crippen LogP contribution in [0.3, 0.4) is 0 Å². The van der Waals surface area contributed by atoms with E-state index in [-0.39, 0.29) is 23.9 Å². The molecule has 1 fully saturated rings. The van der Waals surface area contributed by atoms with Gasteiger partial charge in [0.05, 0.1) is 5.69 Å². The quantitative estimate of drug-likeness (QED) is 0.621. The Kier molecular flexibility index (Phi) is 5.25. The van der Waals surface area contributed by atoms with Crippen LogP contribution in [0.2, 0.25) is 0 Å². The molecule has 0 unspecified atom stereocenters. The van der Waals surface area contributed by atoms with Gasteiger partial charge in [-0.2, -0.15) is 4.98 Å². The van der Waals surface area contributed by atoms with Gasteiger partial charge in [-0.05, 0) is 25.0 Å².